The van der Waals surface area contributed by atoms with E-state index in [1.165, 1.54) is 0 Å². The first-order valence-electron chi connectivity index (χ1n) is 17.1. The number of carbonyl (C=O) groups excluding carboxylic acids is 2. The fourth-order valence-electron chi connectivity index (χ4n) is 7.16. The molecular weight excluding hydrogens is 610 g/mol. The van der Waals surface area contributed by atoms with E-state index in [1.54, 1.807) is 7.11 Å². The summed E-state index contributed by atoms with van der Waals surface area (Å²) in [5, 5.41) is 0.636. The Morgan fingerprint density at radius 3 is 2.19 bits per heavy atom. The van der Waals surface area contributed by atoms with Crippen molar-refractivity contribution in [2.45, 2.75) is 90.4 Å². The van der Waals surface area contributed by atoms with E-state index in [1.807, 2.05) is 65.3 Å². The third-order valence-corrected chi connectivity index (χ3v) is 10.5. The van der Waals surface area contributed by atoms with E-state index in [0.29, 0.717) is 29.1 Å². The van der Waals surface area contributed by atoms with Gasteiger partial charge < -0.3 is 24.2 Å². The lowest BCUT2D eigenvalue weighted by Gasteiger charge is -2.39. The molecule has 0 spiro atoms. The Hall–Kier alpha value is -3.55. The molecule has 1 aliphatic heterocycles. The maximum Gasteiger partial charge on any atom is 0.232 e. The molecule has 5 rings (SSSR count). The summed E-state index contributed by atoms with van der Waals surface area (Å²) in [6, 6.07) is 19.9. The minimum atomic E-state index is -0.386. The molecule has 0 radical (unpaired) electrons. The van der Waals surface area contributed by atoms with Crippen LogP contribution in [0.3, 0.4) is 0 Å². The number of halogens is 1. The van der Waals surface area contributed by atoms with Crippen molar-refractivity contribution in [2.24, 2.45) is 5.92 Å². The average molecular weight is 660 g/mol. The van der Waals surface area contributed by atoms with Gasteiger partial charge in [-0.2, -0.15) is 0 Å². The fourth-order valence-corrected chi connectivity index (χ4v) is 7.29. The molecule has 0 aromatic heterocycles. The van der Waals surface area contributed by atoms with E-state index in [0.717, 1.165) is 60.0 Å². The highest BCUT2D eigenvalue weighted by Gasteiger charge is 2.37. The van der Waals surface area contributed by atoms with Crippen LogP contribution in [-0.4, -0.2) is 61.5 Å². The maximum atomic E-state index is 14.0. The summed E-state index contributed by atoms with van der Waals surface area (Å²) in [7, 11) is 5.88. The van der Waals surface area contributed by atoms with Gasteiger partial charge in [0.05, 0.1) is 31.7 Å². The predicted octanol–water partition coefficient (Wildman–Crippen LogP) is 8.23. The van der Waals surface area contributed by atoms with Crippen LogP contribution in [0.5, 0.6) is 11.5 Å². The molecule has 1 heterocycles. The molecule has 3 aromatic rings. The van der Waals surface area contributed by atoms with E-state index in [-0.39, 0.29) is 42.3 Å². The summed E-state index contributed by atoms with van der Waals surface area (Å²) in [6.45, 7) is 8.94. The Balaban J connectivity index is 1.45. The van der Waals surface area contributed by atoms with Gasteiger partial charge in [0, 0.05) is 29.2 Å². The van der Waals surface area contributed by atoms with E-state index in [2.05, 4.69) is 51.9 Å². The molecule has 1 fully saturated rings. The van der Waals surface area contributed by atoms with Crippen molar-refractivity contribution < 1.29 is 19.1 Å². The topological polar surface area (TPSA) is 62.3 Å². The molecule has 47 heavy (non-hydrogen) atoms. The Kier molecular flexibility index (Phi) is 11.2. The van der Waals surface area contributed by atoms with Crippen LogP contribution in [0.15, 0.2) is 60.7 Å². The summed E-state index contributed by atoms with van der Waals surface area (Å²) < 4.78 is 12.0. The number of carbonyl (C=O) groups is 2. The number of anilines is 1. The van der Waals surface area contributed by atoms with E-state index >= 15 is 0 Å². The van der Waals surface area contributed by atoms with Gasteiger partial charge >= 0.3 is 0 Å². The van der Waals surface area contributed by atoms with Gasteiger partial charge in [-0.05, 0) is 126 Å². The van der Waals surface area contributed by atoms with Gasteiger partial charge in [0.25, 0.3) is 0 Å². The normalized spacial score (nSPS) is 20.8. The molecule has 3 atom stereocenters. The molecule has 1 saturated carbocycles. The van der Waals surface area contributed by atoms with Gasteiger partial charge in [-0.15, -0.1) is 0 Å². The van der Waals surface area contributed by atoms with Crippen LogP contribution in [0.1, 0.15) is 94.1 Å². The molecular formula is C39H50ClN3O4. The number of benzene rings is 3. The van der Waals surface area contributed by atoms with E-state index in [9.17, 15) is 9.59 Å². The van der Waals surface area contributed by atoms with Crippen molar-refractivity contribution in [3.05, 3.63) is 87.9 Å². The zero-order valence-electron chi connectivity index (χ0n) is 29.0. The number of methoxy groups -OCH3 is 1. The molecule has 2 amide bonds. The zero-order chi connectivity index (χ0) is 33.8. The smallest absolute Gasteiger partial charge is 0.232 e. The van der Waals surface area contributed by atoms with Crippen LogP contribution in [0, 0.1) is 5.92 Å². The van der Waals surface area contributed by atoms with Crippen molar-refractivity contribution in [2.75, 3.05) is 32.6 Å². The molecule has 0 saturated heterocycles. The number of hydrogen-bond donors (Lipinski definition) is 0. The Bertz CT molecular complexity index is 1530. The first-order chi connectivity index (χ1) is 22.6. The van der Waals surface area contributed by atoms with Crippen LogP contribution in [0.25, 0.3) is 0 Å². The highest BCUT2D eigenvalue weighted by Crippen LogP contribution is 2.44. The highest BCUT2D eigenvalue weighted by atomic mass is 35.5. The Morgan fingerprint density at radius 2 is 1.62 bits per heavy atom. The molecule has 8 heteroatoms. The second-order valence-electron chi connectivity index (χ2n) is 13.3. The maximum absolute atomic E-state index is 14.0. The monoisotopic (exact) mass is 659 g/mol. The average Bonchev–Trinajstić information content (AvgIpc) is 3.08. The van der Waals surface area contributed by atoms with Crippen molar-refractivity contribution >= 4 is 29.1 Å². The number of nitrogens with zero attached hydrogens (tertiary/aromatic N) is 3. The summed E-state index contributed by atoms with van der Waals surface area (Å²) in [4.78, 5) is 33.9. The molecule has 252 valence electrons. The molecule has 0 bridgehead atoms. The second-order valence-corrected chi connectivity index (χ2v) is 13.7. The molecule has 7 nitrogen and oxygen atoms in total. The summed E-state index contributed by atoms with van der Waals surface area (Å²) in [5.41, 5.74) is 4.71. The number of hydrogen-bond acceptors (Lipinski definition) is 5. The van der Waals surface area contributed by atoms with Gasteiger partial charge in [-0.1, -0.05) is 42.8 Å². The van der Waals surface area contributed by atoms with Gasteiger partial charge in [0.15, 0.2) is 11.5 Å². The Labute approximate surface area is 285 Å². The van der Waals surface area contributed by atoms with Crippen LogP contribution in [0.4, 0.5) is 5.69 Å². The minimum Gasteiger partial charge on any atom is -0.493 e. The fraction of sp³-hybridized carbons (Fsp3) is 0.487. The number of amides is 2. The van der Waals surface area contributed by atoms with E-state index < -0.39 is 0 Å². The summed E-state index contributed by atoms with van der Waals surface area (Å²) in [6.07, 6.45) is 5.10. The van der Waals surface area contributed by atoms with Gasteiger partial charge in [0.1, 0.15) is 0 Å². The second kappa shape index (κ2) is 15.1. The lowest BCUT2D eigenvalue weighted by Crippen LogP contribution is -2.42. The molecule has 0 N–H and O–H groups in total. The first kappa shape index (κ1) is 34.8. The van der Waals surface area contributed by atoms with Crippen LogP contribution in [0.2, 0.25) is 5.02 Å². The number of fused-ring (bicyclic) bond motifs is 1. The van der Waals surface area contributed by atoms with Crippen molar-refractivity contribution in [1.29, 1.82) is 0 Å². The SMILES string of the molecule is CC[C@@H](C)Oc1cc2c(cc1OC)CC(=O)N(c1ccc(C(C)N(CC)C(=O)[C@H]3CC[C@@H](N(C)C)CC3)cc1)C2c1ccc(Cl)cc1. The lowest BCUT2D eigenvalue weighted by molar-refractivity contribution is -0.139. The quantitative estimate of drug-likeness (QED) is 0.208. The van der Waals surface area contributed by atoms with Gasteiger partial charge in [-0.25, -0.2) is 0 Å². The van der Waals surface area contributed by atoms with E-state index in [4.69, 9.17) is 21.1 Å². The number of ether oxygens (including phenoxy) is 2. The van der Waals surface area contributed by atoms with Crippen molar-refractivity contribution in [3.8, 4) is 11.5 Å². The summed E-state index contributed by atoms with van der Waals surface area (Å²) in [5.74, 6) is 1.61. The summed E-state index contributed by atoms with van der Waals surface area (Å²) >= 11 is 6.30. The highest BCUT2D eigenvalue weighted by molar-refractivity contribution is 6.30. The first-order valence-corrected chi connectivity index (χ1v) is 17.5. The standard InChI is InChI=1S/C39H50ClN3O4/c1-8-25(3)47-36-24-34-30(22-35(36)46-7)23-37(44)43(38(34)28-10-16-31(40)17-11-28)33-20-12-27(13-21-33)26(4)42(9-2)39(45)29-14-18-32(19-15-29)41(5)6/h10-13,16-17,20-22,24-26,29,32,38H,8-9,14-15,18-19,23H2,1-7H3/t25-,26?,29-,32+,38?/m1/s1. The zero-order valence-corrected chi connectivity index (χ0v) is 29.7. The Morgan fingerprint density at radius 1 is 0.957 bits per heavy atom. The molecule has 2 unspecified atom stereocenters. The van der Waals surface area contributed by atoms with Crippen molar-refractivity contribution in [1.82, 2.24) is 9.80 Å². The minimum absolute atomic E-state index is 0.00501. The van der Waals surface area contributed by atoms with Crippen LogP contribution >= 0.6 is 11.6 Å². The largest absolute Gasteiger partial charge is 0.493 e. The van der Waals surface area contributed by atoms with Gasteiger partial charge in [-0.3, -0.25) is 9.59 Å². The third kappa shape index (κ3) is 7.47. The third-order valence-electron chi connectivity index (χ3n) is 10.2. The molecule has 3 aromatic carbocycles. The lowest BCUT2D eigenvalue weighted by atomic mass is 9.84. The predicted molar refractivity (Wildman–Crippen MR) is 190 cm³/mol. The molecule has 1 aliphatic carbocycles. The van der Waals surface area contributed by atoms with Crippen LogP contribution < -0.4 is 14.4 Å². The van der Waals surface area contributed by atoms with Gasteiger partial charge in [0.2, 0.25) is 11.8 Å². The van der Waals surface area contributed by atoms with Crippen LogP contribution in [-0.2, 0) is 16.0 Å². The van der Waals surface area contributed by atoms with Crippen molar-refractivity contribution in [3.63, 3.8) is 0 Å². The molecule has 2 aliphatic rings. The number of rotatable bonds is 11.